The number of ether oxygens (including phenoxy) is 1. The van der Waals surface area contributed by atoms with Crippen LogP contribution in [0.5, 0.6) is 0 Å². The fourth-order valence-electron chi connectivity index (χ4n) is 3.52. The van der Waals surface area contributed by atoms with E-state index in [0.29, 0.717) is 48.9 Å². The monoisotopic (exact) mass is 418 g/mol. The molecule has 0 aliphatic carbocycles. The van der Waals surface area contributed by atoms with Crippen LogP contribution in [0, 0.1) is 0 Å². The van der Waals surface area contributed by atoms with Crippen molar-refractivity contribution in [3.63, 3.8) is 0 Å². The van der Waals surface area contributed by atoms with Crippen molar-refractivity contribution in [3.8, 4) is 0 Å². The molecule has 1 aliphatic heterocycles. The average Bonchev–Trinajstić information content (AvgIpc) is 3.22. The fourth-order valence-corrected chi connectivity index (χ4v) is 3.52. The lowest BCUT2D eigenvalue weighted by Crippen LogP contribution is -2.40. The predicted molar refractivity (Wildman–Crippen MR) is 123 cm³/mol. The maximum absolute atomic E-state index is 12.6. The maximum Gasteiger partial charge on any atom is 0.254 e. The molecule has 8 heteroatoms. The molecule has 5 N–H and O–H groups in total. The summed E-state index contributed by atoms with van der Waals surface area (Å²) in [5, 5.41) is 9.67. The van der Waals surface area contributed by atoms with Crippen molar-refractivity contribution in [1.29, 1.82) is 0 Å². The first-order valence-electron chi connectivity index (χ1n) is 10.1. The Morgan fingerprint density at radius 2 is 1.87 bits per heavy atom. The van der Waals surface area contributed by atoms with Crippen molar-refractivity contribution in [2.24, 2.45) is 11.6 Å². The van der Waals surface area contributed by atoms with Crippen LogP contribution in [0.25, 0.3) is 22.2 Å². The Kier molecular flexibility index (Phi) is 5.75. The Labute approximate surface area is 180 Å². The van der Waals surface area contributed by atoms with Gasteiger partial charge in [0.25, 0.3) is 5.91 Å². The number of carbonyl (C=O) groups is 1. The van der Waals surface area contributed by atoms with Crippen LogP contribution in [0.3, 0.4) is 0 Å². The number of H-pyrrole nitrogens is 1. The zero-order chi connectivity index (χ0) is 22.0. The van der Waals surface area contributed by atoms with Crippen molar-refractivity contribution in [2.45, 2.75) is 6.92 Å². The Morgan fingerprint density at radius 3 is 2.55 bits per heavy atom. The first-order valence-corrected chi connectivity index (χ1v) is 10.1. The van der Waals surface area contributed by atoms with E-state index in [1.807, 2.05) is 25.1 Å². The molecule has 1 fully saturated rings. The average molecular weight is 419 g/mol. The summed E-state index contributed by atoms with van der Waals surface area (Å²) in [5.41, 5.74) is 11.5. The number of hydrogen-bond donors (Lipinski definition) is 3. The number of fused-ring (bicyclic) bond motifs is 1. The van der Waals surface area contributed by atoms with Gasteiger partial charge in [-0.2, -0.15) is 5.10 Å². The third-order valence-electron chi connectivity index (χ3n) is 5.32. The van der Waals surface area contributed by atoms with Gasteiger partial charge in [0.15, 0.2) is 0 Å². The second-order valence-corrected chi connectivity index (χ2v) is 7.56. The Morgan fingerprint density at radius 1 is 1.19 bits per heavy atom. The molecule has 31 heavy (non-hydrogen) atoms. The van der Waals surface area contributed by atoms with E-state index in [4.69, 9.17) is 16.3 Å². The van der Waals surface area contributed by atoms with Crippen LogP contribution in [0.2, 0.25) is 0 Å². The number of aromatic nitrogens is 2. The molecule has 0 unspecified atom stereocenters. The number of nitrogens with one attached hydrogen (secondary N) is 1. The molecular weight excluding hydrogens is 392 g/mol. The van der Waals surface area contributed by atoms with Gasteiger partial charge in [-0.3, -0.25) is 14.9 Å². The van der Waals surface area contributed by atoms with Crippen molar-refractivity contribution in [2.75, 3.05) is 31.3 Å². The highest BCUT2D eigenvalue weighted by Crippen LogP contribution is 2.24. The summed E-state index contributed by atoms with van der Waals surface area (Å²) in [6.45, 7) is 8.28. The molecule has 0 atom stereocenters. The van der Waals surface area contributed by atoms with Crippen molar-refractivity contribution in [1.82, 2.24) is 15.1 Å². The van der Waals surface area contributed by atoms with Gasteiger partial charge in [-0.1, -0.05) is 18.2 Å². The van der Waals surface area contributed by atoms with Crippen LogP contribution in [0.1, 0.15) is 28.5 Å². The van der Waals surface area contributed by atoms with Crippen molar-refractivity contribution >= 4 is 33.8 Å². The zero-order valence-electron chi connectivity index (χ0n) is 17.5. The standard InChI is InChI=1S/C23H26N6O2/c1-15(2)17-5-8-19-21(13-17)26-27-22(19)20(24)14-29(25)18-6-3-16(4-7-18)23(30)28-9-11-31-12-10-28/h3-8,13-14H,1,9-12,24-25H2,2H3,(H,26,27)/b20-14-. The number of morpholine rings is 1. The third-order valence-corrected chi connectivity index (χ3v) is 5.32. The lowest BCUT2D eigenvalue weighted by molar-refractivity contribution is 0.0303. The maximum atomic E-state index is 12.6. The molecule has 1 aromatic heterocycles. The van der Waals surface area contributed by atoms with E-state index in [-0.39, 0.29) is 5.91 Å². The second kappa shape index (κ2) is 8.63. The number of allylic oxidation sites excluding steroid dienone is 1. The van der Waals surface area contributed by atoms with Gasteiger partial charge in [0, 0.05) is 30.2 Å². The van der Waals surface area contributed by atoms with Gasteiger partial charge in [-0.25, -0.2) is 5.84 Å². The first-order chi connectivity index (χ1) is 14.9. The summed E-state index contributed by atoms with van der Waals surface area (Å²) in [5.74, 6) is 6.19. The van der Waals surface area contributed by atoms with Crippen LogP contribution in [-0.2, 0) is 4.74 Å². The molecule has 1 saturated heterocycles. The van der Waals surface area contributed by atoms with Gasteiger partial charge in [0.2, 0.25) is 0 Å². The minimum atomic E-state index is -0.00870. The normalized spacial score (nSPS) is 14.6. The molecule has 1 aliphatic rings. The van der Waals surface area contributed by atoms with E-state index in [9.17, 15) is 4.79 Å². The highest BCUT2D eigenvalue weighted by atomic mass is 16.5. The smallest absolute Gasteiger partial charge is 0.254 e. The lowest BCUT2D eigenvalue weighted by atomic mass is 10.1. The van der Waals surface area contributed by atoms with Gasteiger partial charge in [-0.15, -0.1) is 0 Å². The van der Waals surface area contributed by atoms with Gasteiger partial charge >= 0.3 is 0 Å². The van der Waals surface area contributed by atoms with E-state index in [0.717, 1.165) is 22.0 Å². The largest absolute Gasteiger partial charge is 0.396 e. The predicted octanol–water partition coefficient (Wildman–Crippen LogP) is 2.71. The summed E-state index contributed by atoms with van der Waals surface area (Å²) in [6.07, 6.45) is 1.61. The molecule has 8 nitrogen and oxygen atoms in total. The molecular formula is C23H26N6O2. The highest BCUT2D eigenvalue weighted by Gasteiger charge is 2.18. The molecule has 4 rings (SSSR count). The summed E-state index contributed by atoms with van der Waals surface area (Å²) in [7, 11) is 0. The Balaban J connectivity index is 1.51. The molecule has 0 saturated carbocycles. The summed E-state index contributed by atoms with van der Waals surface area (Å²) in [6, 6.07) is 13.1. The summed E-state index contributed by atoms with van der Waals surface area (Å²) in [4.78, 5) is 14.4. The number of nitrogens with zero attached hydrogens (tertiary/aromatic N) is 3. The topological polar surface area (TPSA) is 114 Å². The quantitative estimate of drug-likeness (QED) is 0.434. The van der Waals surface area contributed by atoms with Crippen LogP contribution >= 0.6 is 0 Å². The molecule has 1 amide bonds. The molecule has 0 spiro atoms. The van der Waals surface area contributed by atoms with E-state index in [1.54, 1.807) is 35.4 Å². The van der Waals surface area contributed by atoms with Gasteiger partial charge < -0.3 is 15.4 Å². The van der Waals surface area contributed by atoms with Crippen LogP contribution in [-0.4, -0.2) is 47.3 Å². The Hall–Kier alpha value is -3.62. The number of hydrazine groups is 1. The molecule has 2 heterocycles. The number of benzene rings is 2. The summed E-state index contributed by atoms with van der Waals surface area (Å²) >= 11 is 0. The highest BCUT2D eigenvalue weighted by molar-refractivity contribution is 5.95. The number of rotatable bonds is 5. The number of carbonyl (C=O) groups excluding carboxylic acids is 1. The van der Waals surface area contributed by atoms with Gasteiger partial charge in [0.1, 0.15) is 5.69 Å². The zero-order valence-corrected chi connectivity index (χ0v) is 17.5. The summed E-state index contributed by atoms with van der Waals surface area (Å²) < 4.78 is 5.30. The van der Waals surface area contributed by atoms with Crippen LogP contribution in [0.15, 0.2) is 55.2 Å². The first kappa shape index (κ1) is 20.6. The molecule has 160 valence electrons. The minimum Gasteiger partial charge on any atom is -0.396 e. The number of hydrogen-bond acceptors (Lipinski definition) is 6. The number of amides is 1. The van der Waals surface area contributed by atoms with Crippen molar-refractivity contribution < 1.29 is 9.53 Å². The van der Waals surface area contributed by atoms with Crippen LogP contribution < -0.4 is 16.6 Å². The SMILES string of the molecule is C=C(C)c1ccc2c(/C(N)=C/N(N)c3ccc(C(=O)N4CCOCC4)cc3)n[nH]c2c1. The van der Waals surface area contributed by atoms with Crippen molar-refractivity contribution in [3.05, 3.63) is 72.1 Å². The number of anilines is 1. The van der Waals surface area contributed by atoms with E-state index < -0.39 is 0 Å². The molecule has 0 radical (unpaired) electrons. The number of nitrogens with two attached hydrogens (primary N) is 2. The minimum absolute atomic E-state index is 0.00870. The van der Waals surface area contributed by atoms with Crippen LogP contribution in [0.4, 0.5) is 5.69 Å². The molecule has 0 bridgehead atoms. The third kappa shape index (κ3) is 4.30. The van der Waals surface area contributed by atoms with E-state index in [2.05, 4.69) is 16.8 Å². The Bertz CT molecular complexity index is 1140. The number of aromatic amines is 1. The fraction of sp³-hybridized carbons (Fsp3) is 0.217. The lowest BCUT2D eigenvalue weighted by Gasteiger charge is -2.27. The van der Waals surface area contributed by atoms with Gasteiger partial charge in [0.05, 0.1) is 30.1 Å². The van der Waals surface area contributed by atoms with E-state index in [1.165, 1.54) is 5.01 Å². The molecule has 3 aromatic rings. The van der Waals surface area contributed by atoms with Gasteiger partial charge in [-0.05, 0) is 48.9 Å². The second-order valence-electron chi connectivity index (χ2n) is 7.56. The van der Waals surface area contributed by atoms with E-state index >= 15 is 0 Å². The molecule has 2 aromatic carbocycles.